The number of H-pyrrole nitrogens is 1. The van der Waals surface area contributed by atoms with Crippen LogP contribution in [-0.2, 0) is 4.79 Å². The third-order valence-corrected chi connectivity index (χ3v) is 3.18. The molecule has 0 aliphatic heterocycles. The van der Waals surface area contributed by atoms with Crippen molar-refractivity contribution in [2.45, 2.75) is 25.3 Å². The number of carbonyl (C=O) groups is 2. The average molecular weight is 257 g/mol. The lowest BCUT2D eigenvalue weighted by Gasteiger charge is -2.36. The van der Waals surface area contributed by atoms with Gasteiger partial charge < -0.3 is 15.0 Å². The minimum atomic E-state index is -0.997. The molecule has 0 radical (unpaired) electrons. The number of aromatic amines is 1. The van der Waals surface area contributed by atoms with E-state index in [1.165, 1.54) is 17.2 Å². The number of carboxylic acids is 1. The molecule has 1 saturated carbocycles. The van der Waals surface area contributed by atoms with Crippen molar-refractivity contribution in [3.63, 3.8) is 0 Å². The summed E-state index contributed by atoms with van der Waals surface area (Å²) < 4.78 is 0. The molecule has 2 rings (SSSR count). The van der Waals surface area contributed by atoms with Crippen molar-refractivity contribution in [2.75, 3.05) is 6.54 Å². The van der Waals surface area contributed by atoms with Gasteiger partial charge in [-0.3, -0.25) is 9.59 Å². The summed E-state index contributed by atoms with van der Waals surface area (Å²) in [6.45, 7) is -0.264. The number of aromatic nitrogens is 1. The zero-order valence-corrected chi connectivity index (χ0v) is 9.91. The van der Waals surface area contributed by atoms with Crippen LogP contribution in [0.2, 0.25) is 5.02 Å². The Bertz CT molecular complexity index is 440. The maximum absolute atomic E-state index is 12.1. The molecular weight excluding hydrogens is 244 g/mol. The van der Waals surface area contributed by atoms with Crippen LogP contribution in [0, 0.1) is 0 Å². The Hall–Kier alpha value is -1.49. The van der Waals surface area contributed by atoms with Gasteiger partial charge in [0.2, 0.25) is 0 Å². The second-order valence-electron chi connectivity index (χ2n) is 4.14. The molecule has 1 aromatic heterocycles. The summed E-state index contributed by atoms with van der Waals surface area (Å²) in [6, 6.07) is 1.55. The molecule has 0 saturated heterocycles. The normalized spacial score (nSPS) is 15.4. The summed E-state index contributed by atoms with van der Waals surface area (Å²) in [5.41, 5.74) is 0.336. The third kappa shape index (κ3) is 2.61. The predicted molar refractivity (Wildman–Crippen MR) is 62.1 cm³/mol. The van der Waals surface area contributed by atoms with E-state index in [1.807, 2.05) is 0 Å². The van der Waals surface area contributed by atoms with E-state index in [0.717, 1.165) is 19.3 Å². The van der Waals surface area contributed by atoms with E-state index in [4.69, 9.17) is 16.7 Å². The monoisotopic (exact) mass is 256 g/mol. The number of hydrogen-bond donors (Lipinski definition) is 2. The largest absolute Gasteiger partial charge is 0.480 e. The van der Waals surface area contributed by atoms with Gasteiger partial charge in [0.05, 0.1) is 5.02 Å². The molecule has 1 heterocycles. The number of carboxylic acid groups (broad SMARTS) is 1. The molecule has 5 nitrogen and oxygen atoms in total. The highest BCUT2D eigenvalue weighted by atomic mass is 35.5. The van der Waals surface area contributed by atoms with Crippen molar-refractivity contribution in [3.8, 4) is 0 Å². The van der Waals surface area contributed by atoms with Crippen LogP contribution in [0.15, 0.2) is 12.3 Å². The van der Waals surface area contributed by atoms with Crippen molar-refractivity contribution in [1.29, 1.82) is 0 Å². The van der Waals surface area contributed by atoms with Gasteiger partial charge in [0.1, 0.15) is 12.2 Å². The maximum Gasteiger partial charge on any atom is 0.323 e. The molecule has 0 atom stereocenters. The molecular formula is C11H13ClN2O3. The van der Waals surface area contributed by atoms with E-state index < -0.39 is 5.97 Å². The molecule has 1 aromatic rings. The molecule has 17 heavy (non-hydrogen) atoms. The molecule has 0 aromatic carbocycles. The van der Waals surface area contributed by atoms with Gasteiger partial charge in [-0.05, 0) is 25.3 Å². The molecule has 6 heteroatoms. The molecule has 0 spiro atoms. The molecule has 92 valence electrons. The van der Waals surface area contributed by atoms with Crippen molar-refractivity contribution < 1.29 is 14.7 Å². The zero-order valence-electron chi connectivity index (χ0n) is 9.15. The first-order valence-corrected chi connectivity index (χ1v) is 5.82. The van der Waals surface area contributed by atoms with E-state index in [2.05, 4.69) is 4.98 Å². The van der Waals surface area contributed by atoms with E-state index in [1.54, 1.807) is 0 Å². The molecule has 0 unspecified atom stereocenters. The highest BCUT2D eigenvalue weighted by Crippen LogP contribution is 2.26. The summed E-state index contributed by atoms with van der Waals surface area (Å²) in [5.74, 6) is -1.30. The lowest BCUT2D eigenvalue weighted by atomic mass is 9.91. The second kappa shape index (κ2) is 4.79. The quantitative estimate of drug-likeness (QED) is 0.862. The topological polar surface area (TPSA) is 73.4 Å². The number of nitrogens with one attached hydrogen (secondary N) is 1. The van der Waals surface area contributed by atoms with Crippen LogP contribution >= 0.6 is 11.6 Å². The van der Waals surface area contributed by atoms with Crippen LogP contribution in [-0.4, -0.2) is 39.5 Å². The Balaban J connectivity index is 2.14. The first-order chi connectivity index (χ1) is 8.08. The number of nitrogens with zero attached hydrogens (tertiary/aromatic N) is 1. The van der Waals surface area contributed by atoms with Crippen LogP contribution in [0.25, 0.3) is 0 Å². The molecule has 1 fully saturated rings. The Morgan fingerprint density at radius 3 is 2.65 bits per heavy atom. The minimum Gasteiger partial charge on any atom is -0.480 e. The lowest BCUT2D eigenvalue weighted by Crippen LogP contribution is -2.46. The number of rotatable bonds is 4. The van der Waals surface area contributed by atoms with E-state index >= 15 is 0 Å². The lowest BCUT2D eigenvalue weighted by molar-refractivity contribution is -0.138. The smallest absolute Gasteiger partial charge is 0.323 e. The Labute approximate surface area is 103 Å². The van der Waals surface area contributed by atoms with E-state index in [9.17, 15) is 9.59 Å². The number of hydrogen-bond acceptors (Lipinski definition) is 2. The predicted octanol–water partition coefficient (Wildman–Crippen LogP) is 1.75. The van der Waals surface area contributed by atoms with Gasteiger partial charge >= 0.3 is 5.97 Å². The molecule has 2 N–H and O–H groups in total. The Morgan fingerprint density at radius 1 is 1.53 bits per heavy atom. The summed E-state index contributed by atoms with van der Waals surface area (Å²) in [5, 5.41) is 9.27. The molecule has 1 amide bonds. The van der Waals surface area contributed by atoms with Gasteiger partial charge in [0, 0.05) is 12.2 Å². The fourth-order valence-corrected chi connectivity index (χ4v) is 2.02. The highest BCUT2D eigenvalue weighted by Gasteiger charge is 2.31. The molecule has 1 aliphatic rings. The van der Waals surface area contributed by atoms with Crippen LogP contribution in [0.3, 0.4) is 0 Å². The second-order valence-corrected chi connectivity index (χ2v) is 4.58. The first kappa shape index (κ1) is 12.0. The Morgan fingerprint density at radius 2 is 2.24 bits per heavy atom. The first-order valence-electron chi connectivity index (χ1n) is 5.44. The molecule has 0 bridgehead atoms. The van der Waals surface area contributed by atoms with Crippen LogP contribution in [0.4, 0.5) is 0 Å². The Kier molecular flexibility index (Phi) is 3.38. The van der Waals surface area contributed by atoms with Crippen LogP contribution in [0.1, 0.15) is 29.8 Å². The highest BCUT2D eigenvalue weighted by molar-refractivity contribution is 6.30. The summed E-state index contributed by atoms with van der Waals surface area (Å²) >= 11 is 5.72. The van der Waals surface area contributed by atoms with Gasteiger partial charge in [-0.25, -0.2) is 0 Å². The van der Waals surface area contributed by atoms with Gasteiger partial charge in [0.25, 0.3) is 5.91 Å². The van der Waals surface area contributed by atoms with Crippen molar-refractivity contribution in [2.24, 2.45) is 0 Å². The van der Waals surface area contributed by atoms with Crippen LogP contribution < -0.4 is 0 Å². The standard InChI is InChI=1S/C11H13ClN2O3/c12-7-4-9(13-5-7)11(17)14(6-10(15)16)8-2-1-3-8/h4-5,8,13H,1-3,6H2,(H,15,16). The fourth-order valence-electron chi connectivity index (χ4n) is 1.86. The van der Waals surface area contributed by atoms with Crippen molar-refractivity contribution >= 4 is 23.5 Å². The van der Waals surface area contributed by atoms with Gasteiger partial charge in [-0.2, -0.15) is 0 Å². The fraction of sp³-hybridized carbons (Fsp3) is 0.455. The van der Waals surface area contributed by atoms with Crippen LogP contribution in [0.5, 0.6) is 0 Å². The number of aliphatic carboxylic acids is 1. The van der Waals surface area contributed by atoms with Gasteiger partial charge in [-0.15, -0.1) is 0 Å². The van der Waals surface area contributed by atoms with Crippen molar-refractivity contribution in [3.05, 3.63) is 23.0 Å². The minimum absolute atomic E-state index is 0.0423. The van der Waals surface area contributed by atoms with E-state index in [0.29, 0.717) is 10.7 Å². The SMILES string of the molecule is O=C(O)CN(C(=O)c1cc(Cl)c[nH]1)C1CCC1. The summed E-state index contributed by atoms with van der Waals surface area (Å²) in [4.78, 5) is 27.0. The average Bonchev–Trinajstić information content (AvgIpc) is 2.59. The summed E-state index contributed by atoms with van der Waals surface area (Å²) in [7, 11) is 0. The summed E-state index contributed by atoms with van der Waals surface area (Å²) in [6.07, 6.45) is 4.29. The van der Waals surface area contributed by atoms with Gasteiger partial charge in [-0.1, -0.05) is 11.6 Å². The maximum atomic E-state index is 12.1. The number of carbonyl (C=O) groups excluding carboxylic acids is 1. The number of halogens is 1. The van der Waals surface area contributed by atoms with Crippen molar-refractivity contribution in [1.82, 2.24) is 9.88 Å². The van der Waals surface area contributed by atoms with E-state index in [-0.39, 0.29) is 18.5 Å². The van der Waals surface area contributed by atoms with Gasteiger partial charge in [0.15, 0.2) is 0 Å². The number of amides is 1. The molecule has 1 aliphatic carbocycles. The zero-order chi connectivity index (χ0) is 12.4. The third-order valence-electron chi connectivity index (χ3n) is 2.96.